The van der Waals surface area contributed by atoms with E-state index in [2.05, 4.69) is 21.2 Å². The van der Waals surface area contributed by atoms with Crippen LogP contribution in [-0.4, -0.2) is 54.3 Å². The number of hydrogen-bond acceptors (Lipinski definition) is 7. The molecule has 7 nitrogen and oxygen atoms in total. The van der Waals surface area contributed by atoms with E-state index in [1.54, 1.807) is 18.4 Å². The predicted molar refractivity (Wildman–Crippen MR) is 108 cm³/mol. The topological polar surface area (TPSA) is 71.7 Å². The van der Waals surface area contributed by atoms with E-state index in [1.165, 1.54) is 0 Å². The molecule has 0 aliphatic carbocycles. The summed E-state index contributed by atoms with van der Waals surface area (Å²) in [6.45, 7) is 3.03. The number of piperazine rings is 1. The third-order valence-corrected chi connectivity index (χ3v) is 5.52. The minimum absolute atomic E-state index is 0.126. The molecule has 3 heterocycles. The molecule has 146 valence electrons. The molecule has 1 aliphatic heterocycles. The normalized spacial score (nSPS) is 14.3. The summed E-state index contributed by atoms with van der Waals surface area (Å²) in [4.78, 5) is 16.7. The van der Waals surface area contributed by atoms with Crippen molar-refractivity contribution in [2.24, 2.45) is 0 Å². The quantitative estimate of drug-likeness (QED) is 0.635. The van der Waals surface area contributed by atoms with Gasteiger partial charge in [0.05, 0.1) is 7.11 Å². The lowest BCUT2D eigenvalue weighted by Crippen LogP contribution is -2.48. The van der Waals surface area contributed by atoms with Crippen LogP contribution in [0.4, 0.5) is 5.69 Å². The number of carbonyl (C=O) groups excluding carboxylic acids is 1. The highest BCUT2D eigenvalue weighted by Gasteiger charge is 2.22. The number of ether oxygens (including phenoxy) is 1. The van der Waals surface area contributed by atoms with Crippen molar-refractivity contribution >= 4 is 22.9 Å². The second kappa shape index (κ2) is 8.43. The number of aryl methyl sites for hydroxylation is 1. The van der Waals surface area contributed by atoms with E-state index in [4.69, 9.17) is 9.15 Å². The molecule has 0 spiro atoms. The SMILES string of the molecule is COc1cccc(N2CCN(C(=O)CCc3nnc(-c4ccsc4)o3)CC2)c1. The zero-order valence-corrected chi connectivity index (χ0v) is 16.5. The molecule has 8 heteroatoms. The molecular formula is C20H22N4O3S. The Bertz CT molecular complexity index is 917. The van der Waals surface area contributed by atoms with Gasteiger partial charge in [-0.2, -0.15) is 11.3 Å². The number of aromatic nitrogens is 2. The van der Waals surface area contributed by atoms with Gasteiger partial charge in [0.2, 0.25) is 17.7 Å². The number of thiophene rings is 1. The largest absolute Gasteiger partial charge is 0.497 e. The molecular weight excluding hydrogens is 376 g/mol. The van der Waals surface area contributed by atoms with Gasteiger partial charge in [-0.05, 0) is 23.6 Å². The van der Waals surface area contributed by atoms with Crippen molar-refractivity contribution in [3.63, 3.8) is 0 Å². The van der Waals surface area contributed by atoms with Gasteiger partial charge in [-0.15, -0.1) is 10.2 Å². The highest BCUT2D eigenvalue weighted by molar-refractivity contribution is 7.08. The third-order valence-electron chi connectivity index (χ3n) is 4.84. The first-order valence-electron chi connectivity index (χ1n) is 9.24. The maximum Gasteiger partial charge on any atom is 0.248 e. The van der Waals surface area contributed by atoms with Crippen LogP contribution in [-0.2, 0) is 11.2 Å². The minimum Gasteiger partial charge on any atom is -0.497 e. The molecule has 1 aliphatic rings. The van der Waals surface area contributed by atoms with Gasteiger partial charge in [0.15, 0.2) is 0 Å². The van der Waals surface area contributed by atoms with Crippen LogP contribution in [0.2, 0.25) is 0 Å². The molecule has 0 N–H and O–H groups in total. The Morgan fingerprint density at radius 3 is 2.82 bits per heavy atom. The Labute approximate surface area is 167 Å². The van der Waals surface area contributed by atoms with Crippen molar-refractivity contribution in [2.45, 2.75) is 12.8 Å². The average molecular weight is 398 g/mol. The van der Waals surface area contributed by atoms with Crippen LogP contribution in [0.15, 0.2) is 45.5 Å². The molecule has 0 radical (unpaired) electrons. The van der Waals surface area contributed by atoms with Crippen LogP contribution in [0.3, 0.4) is 0 Å². The van der Waals surface area contributed by atoms with Gasteiger partial charge in [-0.3, -0.25) is 4.79 Å². The predicted octanol–water partition coefficient (Wildman–Crippen LogP) is 3.09. The number of methoxy groups -OCH3 is 1. The van der Waals surface area contributed by atoms with Gasteiger partial charge in [-0.25, -0.2) is 0 Å². The Balaban J connectivity index is 1.27. The van der Waals surface area contributed by atoms with Crippen molar-refractivity contribution in [1.29, 1.82) is 0 Å². The molecule has 3 aromatic rings. The van der Waals surface area contributed by atoms with E-state index < -0.39 is 0 Å². The summed E-state index contributed by atoms with van der Waals surface area (Å²) >= 11 is 1.58. The van der Waals surface area contributed by atoms with Crippen LogP contribution in [0, 0.1) is 0 Å². The van der Waals surface area contributed by atoms with Crippen LogP contribution >= 0.6 is 11.3 Å². The summed E-state index contributed by atoms with van der Waals surface area (Å²) in [5.74, 6) is 1.98. The van der Waals surface area contributed by atoms with Crippen LogP contribution in [0.25, 0.3) is 11.5 Å². The van der Waals surface area contributed by atoms with Crippen molar-refractivity contribution in [3.8, 4) is 17.2 Å². The summed E-state index contributed by atoms with van der Waals surface area (Å²) < 4.78 is 10.9. The molecule has 0 bridgehead atoms. The molecule has 1 fully saturated rings. The first-order chi connectivity index (χ1) is 13.7. The van der Waals surface area contributed by atoms with Crippen LogP contribution < -0.4 is 9.64 Å². The molecule has 1 saturated heterocycles. The summed E-state index contributed by atoms with van der Waals surface area (Å²) in [6.07, 6.45) is 0.844. The fourth-order valence-electron chi connectivity index (χ4n) is 3.25. The number of hydrogen-bond donors (Lipinski definition) is 0. The van der Waals surface area contributed by atoms with E-state index in [0.29, 0.717) is 37.7 Å². The maximum absolute atomic E-state index is 12.5. The molecule has 0 saturated carbocycles. The highest BCUT2D eigenvalue weighted by Crippen LogP contribution is 2.23. The Kier molecular flexibility index (Phi) is 5.57. The number of amides is 1. The van der Waals surface area contributed by atoms with E-state index in [1.807, 2.05) is 39.9 Å². The summed E-state index contributed by atoms with van der Waals surface area (Å²) in [6, 6.07) is 9.96. The average Bonchev–Trinajstić information content (AvgIpc) is 3.44. The van der Waals surface area contributed by atoms with Gasteiger partial charge in [0, 0.05) is 61.7 Å². The number of nitrogens with zero attached hydrogens (tertiary/aromatic N) is 4. The van der Waals surface area contributed by atoms with Crippen LogP contribution in [0.1, 0.15) is 12.3 Å². The molecule has 2 aromatic heterocycles. The highest BCUT2D eigenvalue weighted by atomic mass is 32.1. The Morgan fingerprint density at radius 2 is 2.07 bits per heavy atom. The third kappa shape index (κ3) is 4.17. The second-order valence-electron chi connectivity index (χ2n) is 6.58. The van der Waals surface area contributed by atoms with Crippen molar-refractivity contribution in [2.75, 3.05) is 38.2 Å². The van der Waals surface area contributed by atoms with Gasteiger partial charge < -0.3 is 19.0 Å². The first-order valence-corrected chi connectivity index (χ1v) is 10.2. The lowest BCUT2D eigenvalue weighted by molar-refractivity contribution is -0.131. The van der Waals surface area contributed by atoms with E-state index in [9.17, 15) is 4.79 Å². The molecule has 1 amide bonds. The second-order valence-corrected chi connectivity index (χ2v) is 7.36. The van der Waals surface area contributed by atoms with Crippen molar-refractivity contribution in [3.05, 3.63) is 47.0 Å². The van der Waals surface area contributed by atoms with Crippen LogP contribution in [0.5, 0.6) is 5.75 Å². The monoisotopic (exact) mass is 398 g/mol. The van der Waals surface area contributed by atoms with Gasteiger partial charge in [-0.1, -0.05) is 6.07 Å². The van der Waals surface area contributed by atoms with Gasteiger partial charge in [0.25, 0.3) is 0 Å². The summed E-state index contributed by atoms with van der Waals surface area (Å²) in [7, 11) is 1.67. The standard InChI is InChI=1S/C20H22N4O3S/c1-26-17-4-2-3-16(13-17)23-8-10-24(11-9-23)19(25)6-5-18-21-22-20(27-18)15-7-12-28-14-15/h2-4,7,12-14H,5-6,8-11H2,1H3. The van der Waals surface area contributed by atoms with Crippen molar-refractivity contribution in [1.82, 2.24) is 15.1 Å². The molecule has 0 unspecified atom stereocenters. The lowest BCUT2D eigenvalue weighted by atomic mass is 10.2. The molecule has 4 rings (SSSR count). The zero-order valence-electron chi connectivity index (χ0n) is 15.7. The fraction of sp³-hybridized carbons (Fsp3) is 0.350. The molecule has 1 aromatic carbocycles. The van der Waals surface area contributed by atoms with Gasteiger partial charge in [0.1, 0.15) is 5.75 Å². The Morgan fingerprint density at radius 1 is 1.21 bits per heavy atom. The van der Waals surface area contributed by atoms with Crippen molar-refractivity contribution < 1.29 is 13.9 Å². The minimum atomic E-state index is 0.126. The Hall–Kier alpha value is -2.87. The van der Waals surface area contributed by atoms with E-state index in [0.717, 1.165) is 30.1 Å². The van der Waals surface area contributed by atoms with E-state index >= 15 is 0 Å². The first kappa shape index (κ1) is 18.5. The lowest BCUT2D eigenvalue weighted by Gasteiger charge is -2.36. The number of carbonyl (C=O) groups is 1. The molecule has 0 atom stereocenters. The molecule has 28 heavy (non-hydrogen) atoms. The maximum atomic E-state index is 12.5. The number of benzene rings is 1. The summed E-state index contributed by atoms with van der Waals surface area (Å²) in [5.41, 5.74) is 2.04. The van der Waals surface area contributed by atoms with E-state index in [-0.39, 0.29) is 5.91 Å². The van der Waals surface area contributed by atoms with Gasteiger partial charge >= 0.3 is 0 Å². The smallest absolute Gasteiger partial charge is 0.248 e. The fourth-order valence-corrected chi connectivity index (χ4v) is 3.88. The number of rotatable bonds is 6. The summed E-state index contributed by atoms with van der Waals surface area (Å²) in [5, 5.41) is 12.0. The zero-order chi connectivity index (χ0) is 19.3. The number of anilines is 1.